The van der Waals surface area contributed by atoms with Crippen LogP contribution < -0.4 is 5.32 Å². The molecule has 0 aromatic heterocycles. The van der Waals surface area contributed by atoms with Crippen LogP contribution in [0.3, 0.4) is 0 Å². The Hall–Kier alpha value is 0.0400. The van der Waals surface area contributed by atoms with E-state index in [9.17, 15) is 0 Å². The summed E-state index contributed by atoms with van der Waals surface area (Å²) in [4.78, 5) is 0. The van der Waals surface area contributed by atoms with Gasteiger partial charge in [-0.2, -0.15) is 11.8 Å². The molecular formula is C12H17BrClNS. The summed E-state index contributed by atoms with van der Waals surface area (Å²) in [6.07, 6.45) is 1.94. The third kappa shape index (κ3) is 7.34. The minimum Gasteiger partial charge on any atom is -0.312 e. The van der Waals surface area contributed by atoms with E-state index in [0.717, 1.165) is 29.1 Å². The van der Waals surface area contributed by atoms with Gasteiger partial charge in [-0.1, -0.05) is 34.1 Å². The lowest BCUT2D eigenvalue weighted by atomic mass is 10.2. The Labute approximate surface area is 117 Å². The maximum atomic E-state index is 3.69. The van der Waals surface area contributed by atoms with E-state index in [0.29, 0.717) is 0 Å². The van der Waals surface area contributed by atoms with E-state index in [1.165, 1.54) is 5.56 Å². The zero-order valence-corrected chi connectivity index (χ0v) is 12.3. The molecule has 0 heterocycles. The molecule has 0 aliphatic rings. The van der Waals surface area contributed by atoms with E-state index in [4.69, 9.17) is 0 Å². The van der Waals surface area contributed by atoms with Gasteiger partial charge in [0.15, 0.2) is 0 Å². The highest BCUT2D eigenvalue weighted by atomic mass is 79.9. The van der Waals surface area contributed by atoms with Gasteiger partial charge in [0.1, 0.15) is 0 Å². The van der Waals surface area contributed by atoms with Crippen molar-refractivity contribution in [3.05, 3.63) is 47.0 Å². The molecule has 0 saturated heterocycles. The molecule has 0 fully saturated rings. The van der Waals surface area contributed by atoms with Crippen molar-refractivity contribution >= 4 is 40.1 Å². The average molecular weight is 323 g/mol. The molecule has 1 aromatic carbocycles. The predicted octanol–water partition coefficient (Wildman–Crippen LogP) is 3.88. The number of hydrogen-bond acceptors (Lipinski definition) is 2. The van der Waals surface area contributed by atoms with E-state index < -0.39 is 0 Å². The Morgan fingerprint density at radius 3 is 2.62 bits per heavy atom. The van der Waals surface area contributed by atoms with Crippen LogP contribution >= 0.6 is 40.1 Å². The lowest BCUT2D eigenvalue weighted by Gasteiger charge is -2.04. The van der Waals surface area contributed by atoms with Gasteiger partial charge in [-0.3, -0.25) is 0 Å². The number of halogens is 2. The fraction of sp³-hybridized carbons (Fsp3) is 0.333. The van der Waals surface area contributed by atoms with E-state index >= 15 is 0 Å². The highest BCUT2D eigenvalue weighted by molar-refractivity contribution is 9.10. The first-order valence-corrected chi connectivity index (χ1v) is 6.91. The van der Waals surface area contributed by atoms with Crippen molar-refractivity contribution < 1.29 is 0 Å². The zero-order chi connectivity index (χ0) is 10.9. The summed E-state index contributed by atoms with van der Waals surface area (Å²) in [6.45, 7) is 5.69. The average Bonchev–Trinajstić information content (AvgIpc) is 2.26. The van der Waals surface area contributed by atoms with Crippen LogP contribution in [0.2, 0.25) is 0 Å². The van der Waals surface area contributed by atoms with Gasteiger partial charge in [0.05, 0.1) is 0 Å². The smallest absolute Gasteiger partial charge is 0.0205 e. The molecule has 1 nitrogen and oxygen atoms in total. The number of thioether (sulfide) groups is 1. The molecule has 0 atom stereocenters. The van der Waals surface area contributed by atoms with Gasteiger partial charge >= 0.3 is 0 Å². The minimum atomic E-state index is 0. The molecule has 1 aromatic rings. The molecule has 0 bridgehead atoms. The van der Waals surface area contributed by atoms with Crippen LogP contribution in [0.5, 0.6) is 0 Å². The number of hydrogen-bond donors (Lipinski definition) is 1. The molecule has 0 saturated carbocycles. The molecule has 0 aliphatic heterocycles. The van der Waals surface area contributed by atoms with E-state index in [2.05, 4.69) is 52.1 Å². The number of nitrogens with one attached hydrogen (secondary N) is 1. The van der Waals surface area contributed by atoms with Gasteiger partial charge in [0.25, 0.3) is 0 Å². The SMILES string of the molecule is C=CCSCCNCc1ccc(Br)cc1.Cl. The highest BCUT2D eigenvalue weighted by Gasteiger charge is 1.92. The summed E-state index contributed by atoms with van der Waals surface area (Å²) >= 11 is 5.33. The van der Waals surface area contributed by atoms with Gasteiger partial charge < -0.3 is 5.32 Å². The molecule has 0 spiro atoms. The monoisotopic (exact) mass is 321 g/mol. The maximum Gasteiger partial charge on any atom is 0.0205 e. The fourth-order valence-electron chi connectivity index (χ4n) is 1.15. The van der Waals surface area contributed by atoms with Crippen LogP contribution in [-0.4, -0.2) is 18.1 Å². The molecule has 4 heteroatoms. The van der Waals surface area contributed by atoms with Crippen LogP contribution in [0.25, 0.3) is 0 Å². The first-order valence-electron chi connectivity index (χ1n) is 4.96. The normalized spacial score (nSPS) is 9.56. The molecular weight excluding hydrogens is 306 g/mol. The van der Waals surface area contributed by atoms with Crippen LogP contribution in [0.4, 0.5) is 0 Å². The second kappa shape index (κ2) is 10.2. The standard InChI is InChI=1S/C12H16BrNS.ClH/c1-2-8-15-9-7-14-10-11-3-5-12(13)6-4-11;/h2-6,14H,1,7-10H2;1H. The summed E-state index contributed by atoms with van der Waals surface area (Å²) in [5.74, 6) is 2.18. The van der Waals surface area contributed by atoms with Crippen LogP contribution in [-0.2, 0) is 6.54 Å². The largest absolute Gasteiger partial charge is 0.312 e. The summed E-state index contributed by atoms with van der Waals surface area (Å²) < 4.78 is 1.13. The number of rotatable bonds is 7. The van der Waals surface area contributed by atoms with Crippen molar-refractivity contribution in [2.45, 2.75) is 6.54 Å². The van der Waals surface area contributed by atoms with Crippen LogP contribution in [0.15, 0.2) is 41.4 Å². The minimum absolute atomic E-state index is 0. The molecule has 0 amide bonds. The zero-order valence-electron chi connectivity index (χ0n) is 9.12. The van der Waals surface area contributed by atoms with Gasteiger partial charge in [-0.15, -0.1) is 19.0 Å². The van der Waals surface area contributed by atoms with Crippen molar-refractivity contribution in [1.82, 2.24) is 5.32 Å². The van der Waals surface area contributed by atoms with Gasteiger partial charge in [-0.05, 0) is 17.7 Å². The topological polar surface area (TPSA) is 12.0 Å². The first kappa shape index (κ1) is 16.0. The van der Waals surface area contributed by atoms with Crippen LogP contribution in [0.1, 0.15) is 5.56 Å². The summed E-state index contributed by atoms with van der Waals surface area (Å²) in [7, 11) is 0. The Kier molecular flexibility index (Phi) is 10.2. The summed E-state index contributed by atoms with van der Waals surface area (Å²) in [5.41, 5.74) is 1.33. The van der Waals surface area contributed by atoms with Crippen molar-refractivity contribution in [1.29, 1.82) is 0 Å². The van der Waals surface area contributed by atoms with Crippen molar-refractivity contribution in [2.24, 2.45) is 0 Å². The summed E-state index contributed by atoms with van der Waals surface area (Å²) in [6, 6.07) is 8.41. The Morgan fingerprint density at radius 2 is 2.00 bits per heavy atom. The summed E-state index contributed by atoms with van der Waals surface area (Å²) in [5, 5.41) is 3.41. The van der Waals surface area contributed by atoms with Crippen molar-refractivity contribution in [2.75, 3.05) is 18.1 Å². The molecule has 16 heavy (non-hydrogen) atoms. The lowest BCUT2D eigenvalue weighted by molar-refractivity contribution is 0.732. The molecule has 1 rings (SSSR count). The second-order valence-corrected chi connectivity index (χ2v) is 5.23. The first-order chi connectivity index (χ1) is 7.33. The molecule has 0 radical (unpaired) electrons. The van der Waals surface area contributed by atoms with E-state index in [1.807, 2.05) is 17.8 Å². The third-order valence-corrected chi connectivity index (χ3v) is 3.39. The van der Waals surface area contributed by atoms with E-state index in [-0.39, 0.29) is 12.4 Å². The lowest BCUT2D eigenvalue weighted by Crippen LogP contribution is -2.16. The third-order valence-electron chi connectivity index (χ3n) is 1.90. The predicted molar refractivity (Wildman–Crippen MR) is 80.6 cm³/mol. The molecule has 1 N–H and O–H groups in total. The van der Waals surface area contributed by atoms with Crippen molar-refractivity contribution in [3.63, 3.8) is 0 Å². The van der Waals surface area contributed by atoms with Gasteiger partial charge in [0, 0.05) is 29.1 Å². The van der Waals surface area contributed by atoms with Gasteiger partial charge in [0.2, 0.25) is 0 Å². The Morgan fingerprint density at radius 1 is 1.31 bits per heavy atom. The Balaban J connectivity index is 0.00000225. The maximum absolute atomic E-state index is 3.69. The molecule has 0 aliphatic carbocycles. The van der Waals surface area contributed by atoms with Gasteiger partial charge in [-0.25, -0.2) is 0 Å². The fourth-order valence-corrected chi connectivity index (χ4v) is 2.03. The van der Waals surface area contributed by atoms with E-state index in [1.54, 1.807) is 0 Å². The second-order valence-electron chi connectivity index (χ2n) is 3.17. The molecule has 0 unspecified atom stereocenters. The highest BCUT2D eigenvalue weighted by Crippen LogP contribution is 2.10. The van der Waals surface area contributed by atoms with Crippen molar-refractivity contribution in [3.8, 4) is 0 Å². The van der Waals surface area contributed by atoms with Crippen LogP contribution in [0, 0.1) is 0 Å². The molecule has 90 valence electrons. The number of benzene rings is 1. The Bertz CT molecular complexity index is 290. The quantitative estimate of drug-likeness (QED) is 0.604.